The molecule has 12 nitrogen and oxygen atoms in total. The maximum absolute atomic E-state index is 13.7. The van der Waals surface area contributed by atoms with E-state index in [1.54, 1.807) is 53.9 Å². The fourth-order valence-electron chi connectivity index (χ4n) is 5.01. The number of nitrogens with zero attached hydrogens (tertiary/aromatic N) is 6. The van der Waals surface area contributed by atoms with Crippen LogP contribution in [0.1, 0.15) is 43.2 Å². The number of carbonyl (C=O) groups excluding carboxylic acids is 1. The zero-order chi connectivity index (χ0) is 29.3. The van der Waals surface area contributed by atoms with Gasteiger partial charge in [0.15, 0.2) is 0 Å². The number of benzene rings is 1. The van der Waals surface area contributed by atoms with Gasteiger partial charge < -0.3 is 16.0 Å². The predicted octanol–water partition coefficient (Wildman–Crippen LogP) is 4.81. The standard InChI is InChI=1S/C30H33N9O3/c1-21(24-7-3-2-4-8-24)28(29(40)33-18-22-9-11-25(12-10-22)39(41)42)35-26-16-27(38-15-14-32-20-38)37-30(36-26)34-19-23-6-5-13-31-17-23/h5-6,9-17,20,24,28H,1-4,7-8,18-19H2,(H,33,40)(H2,34,35,36,37)/t28-/m1/s1. The normalized spacial score (nSPS) is 14.1. The summed E-state index contributed by atoms with van der Waals surface area (Å²) in [4.78, 5) is 41.8. The fraction of sp³-hybridized carbons (Fsp3) is 0.300. The second-order valence-electron chi connectivity index (χ2n) is 10.2. The van der Waals surface area contributed by atoms with Crippen molar-refractivity contribution in [3.63, 3.8) is 0 Å². The number of aromatic nitrogens is 5. The Bertz CT molecular complexity index is 1500. The predicted molar refractivity (Wildman–Crippen MR) is 159 cm³/mol. The van der Waals surface area contributed by atoms with E-state index in [4.69, 9.17) is 0 Å². The van der Waals surface area contributed by atoms with Crippen molar-refractivity contribution in [1.29, 1.82) is 0 Å². The van der Waals surface area contributed by atoms with Crippen LogP contribution in [0.25, 0.3) is 5.82 Å². The van der Waals surface area contributed by atoms with Crippen molar-refractivity contribution in [2.75, 3.05) is 10.6 Å². The number of nitrogens with one attached hydrogen (secondary N) is 3. The van der Waals surface area contributed by atoms with E-state index in [1.165, 1.54) is 18.6 Å². The summed E-state index contributed by atoms with van der Waals surface area (Å²) in [5.74, 6) is 1.36. The Labute approximate surface area is 243 Å². The van der Waals surface area contributed by atoms with Gasteiger partial charge in [0.1, 0.15) is 24.0 Å². The summed E-state index contributed by atoms with van der Waals surface area (Å²) >= 11 is 0. The number of rotatable bonds is 12. The van der Waals surface area contributed by atoms with Crippen LogP contribution >= 0.6 is 0 Å². The highest BCUT2D eigenvalue weighted by atomic mass is 16.6. The van der Waals surface area contributed by atoms with Crippen molar-refractivity contribution < 1.29 is 9.72 Å². The minimum atomic E-state index is -0.747. The molecule has 216 valence electrons. The van der Waals surface area contributed by atoms with Gasteiger partial charge in [0, 0.05) is 56.1 Å². The first-order valence-electron chi connectivity index (χ1n) is 13.9. The van der Waals surface area contributed by atoms with Crippen molar-refractivity contribution in [3.8, 4) is 5.82 Å². The average Bonchev–Trinajstić information content (AvgIpc) is 3.58. The van der Waals surface area contributed by atoms with E-state index >= 15 is 0 Å². The topological polar surface area (TPSA) is 153 Å². The summed E-state index contributed by atoms with van der Waals surface area (Å²) in [6.07, 6.45) is 13.9. The van der Waals surface area contributed by atoms with Crippen LogP contribution in [0.15, 0.2) is 85.7 Å². The van der Waals surface area contributed by atoms with Crippen molar-refractivity contribution >= 4 is 23.4 Å². The molecule has 3 heterocycles. The van der Waals surface area contributed by atoms with E-state index < -0.39 is 11.0 Å². The van der Waals surface area contributed by atoms with Gasteiger partial charge in [-0.15, -0.1) is 0 Å². The molecular weight excluding hydrogens is 534 g/mol. The van der Waals surface area contributed by atoms with Crippen LogP contribution in [0.3, 0.4) is 0 Å². The van der Waals surface area contributed by atoms with Gasteiger partial charge in [-0.3, -0.25) is 24.5 Å². The lowest BCUT2D eigenvalue weighted by Gasteiger charge is -2.29. The molecule has 0 bridgehead atoms. The second-order valence-corrected chi connectivity index (χ2v) is 10.2. The number of hydrogen-bond donors (Lipinski definition) is 3. The third-order valence-electron chi connectivity index (χ3n) is 7.32. The molecule has 42 heavy (non-hydrogen) atoms. The molecule has 0 radical (unpaired) electrons. The third kappa shape index (κ3) is 7.33. The quantitative estimate of drug-likeness (QED) is 0.124. The van der Waals surface area contributed by atoms with E-state index in [1.807, 2.05) is 12.1 Å². The van der Waals surface area contributed by atoms with Gasteiger partial charge in [-0.1, -0.05) is 44.0 Å². The van der Waals surface area contributed by atoms with E-state index in [0.717, 1.165) is 42.4 Å². The number of nitro groups is 1. The SMILES string of the molecule is C=C(C1CCCCC1)[C@@H](Nc1cc(-n2ccnc2)nc(NCc2cccnc2)n1)C(=O)NCc1ccc([N+](=O)[O-])cc1. The molecule has 1 fully saturated rings. The Morgan fingerprint density at radius 2 is 1.86 bits per heavy atom. The molecule has 4 aromatic rings. The summed E-state index contributed by atoms with van der Waals surface area (Å²) in [6, 6.07) is 11.0. The Hall–Kier alpha value is -5.13. The minimum Gasteiger partial charge on any atom is -0.355 e. The first-order chi connectivity index (χ1) is 20.5. The summed E-state index contributed by atoms with van der Waals surface area (Å²) in [6.45, 7) is 5.06. The number of imidazole rings is 1. The van der Waals surface area contributed by atoms with E-state index in [9.17, 15) is 14.9 Å². The van der Waals surface area contributed by atoms with Gasteiger partial charge in [-0.25, -0.2) is 4.98 Å². The van der Waals surface area contributed by atoms with Crippen molar-refractivity contribution in [2.24, 2.45) is 5.92 Å². The molecule has 0 saturated heterocycles. The Morgan fingerprint density at radius 3 is 2.55 bits per heavy atom. The zero-order valence-electron chi connectivity index (χ0n) is 23.1. The zero-order valence-corrected chi connectivity index (χ0v) is 23.1. The van der Waals surface area contributed by atoms with Crippen LogP contribution in [0.2, 0.25) is 0 Å². The number of carbonyl (C=O) groups is 1. The highest BCUT2D eigenvalue weighted by Gasteiger charge is 2.29. The Kier molecular flexibility index (Phi) is 9.12. The number of pyridine rings is 1. The molecular formula is C30H33N9O3. The van der Waals surface area contributed by atoms with Crippen LogP contribution in [0.5, 0.6) is 0 Å². The molecule has 3 N–H and O–H groups in total. The van der Waals surface area contributed by atoms with Crippen molar-refractivity contribution in [2.45, 2.75) is 51.2 Å². The summed E-state index contributed by atoms with van der Waals surface area (Å²) in [5.41, 5.74) is 2.53. The van der Waals surface area contributed by atoms with Gasteiger partial charge in [0.25, 0.3) is 5.69 Å². The number of amides is 1. The van der Waals surface area contributed by atoms with E-state index in [2.05, 4.69) is 42.5 Å². The van der Waals surface area contributed by atoms with Gasteiger partial charge in [0.05, 0.1) is 4.92 Å². The lowest BCUT2D eigenvalue weighted by molar-refractivity contribution is -0.384. The maximum Gasteiger partial charge on any atom is 0.269 e. The molecule has 12 heteroatoms. The molecule has 1 saturated carbocycles. The number of hydrogen-bond acceptors (Lipinski definition) is 9. The summed E-state index contributed by atoms with van der Waals surface area (Å²) in [7, 11) is 0. The van der Waals surface area contributed by atoms with Gasteiger partial charge in [0.2, 0.25) is 11.9 Å². The summed E-state index contributed by atoms with van der Waals surface area (Å²) in [5, 5.41) is 20.6. The van der Waals surface area contributed by atoms with Crippen LogP contribution in [0.4, 0.5) is 17.5 Å². The molecule has 0 spiro atoms. The maximum atomic E-state index is 13.7. The smallest absolute Gasteiger partial charge is 0.269 e. The molecule has 1 aromatic carbocycles. The van der Waals surface area contributed by atoms with E-state index in [0.29, 0.717) is 24.1 Å². The number of non-ortho nitro benzene ring substituents is 1. The monoisotopic (exact) mass is 567 g/mol. The molecule has 1 aliphatic carbocycles. The van der Waals surface area contributed by atoms with Crippen LogP contribution in [-0.4, -0.2) is 41.4 Å². The Balaban J connectivity index is 1.38. The van der Waals surface area contributed by atoms with Crippen molar-refractivity contribution in [1.82, 2.24) is 29.8 Å². The molecule has 1 amide bonds. The van der Waals surface area contributed by atoms with Crippen molar-refractivity contribution in [3.05, 3.63) is 107 Å². The molecule has 5 rings (SSSR count). The fourth-order valence-corrected chi connectivity index (χ4v) is 5.01. The second kappa shape index (κ2) is 13.5. The third-order valence-corrected chi connectivity index (χ3v) is 7.32. The van der Waals surface area contributed by atoms with E-state index in [-0.39, 0.29) is 24.1 Å². The highest BCUT2D eigenvalue weighted by molar-refractivity contribution is 5.87. The van der Waals surface area contributed by atoms with Crippen LogP contribution < -0.4 is 16.0 Å². The largest absolute Gasteiger partial charge is 0.355 e. The average molecular weight is 568 g/mol. The molecule has 0 aliphatic heterocycles. The molecule has 0 unspecified atom stereocenters. The number of nitro benzene ring substituents is 1. The lowest BCUT2D eigenvalue weighted by atomic mass is 9.81. The van der Waals surface area contributed by atoms with Gasteiger partial charge >= 0.3 is 0 Å². The van der Waals surface area contributed by atoms with Gasteiger partial charge in [-0.05, 0) is 41.5 Å². The minimum absolute atomic E-state index is 0.000643. The molecule has 1 aliphatic rings. The number of anilines is 2. The summed E-state index contributed by atoms with van der Waals surface area (Å²) < 4.78 is 1.77. The van der Waals surface area contributed by atoms with Crippen LogP contribution in [0, 0.1) is 16.0 Å². The van der Waals surface area contributed by atoms with Gasteiger partial charge in [-0.2, -0.15) is 9.97 Å². The molecule has 3 aromatic heterocycles. The van der Waals surface area contributed by atoms with Crippen LogP contribution in [-0.2, 0) is 17.9 Å². The molecule has 1 atom stereocenters. The first kappa shape index (κ1) is 28.4. The lowest BCUT2D eigenvalue weighted by Crippen LogP contribution is -2.42. The Morgan fingerprint density at radius 1 is 1.05 bits per heavy atom. The highest BCUT2D eigenvalue weighted by Crippen LogP contribution is 2.32. The first-order valence-corrected chi connectivity index (χ1v) is 13.9.